The molecule has 0 aliphatic carbocycles. The molecule has 5 aromatic heterocycles. The van der Waals surface area contributed by atoms with Gasteiger partial charge in [-0.15, -0.1) is 11.3 Å². The van der Waals surface area contributed by atoms with Crippen molar-refractivity contribution in [2.75, 3.05) is 0 Å². The summed E-state index contributed by atoms with van der Waals surface area (Å²) in [5.74, 6) is 1.64. The zero-order valence-corrected chi connectivity index (χ0v) is 34.7. The molecule has 64 heavy (non-hydrogen) atoms. The summed E-state index contributed by atoms with van der Waals surface area (Å²) in [5.41, 5.74) is 11.7. The van der Waals surface area contributed by atoms with Crippen LogP contribution in [0.5, 0.6) is 0 Å². The number of hydrogen-bond acceptors (Lipinski definition) is 7. The van der Waals surface area contributed by atoms with Gasteiger partial charge in [0.1, 0.15) is 33.5 Å². The molecule has 9 aromatic carbocycles. The third-order valence-corrected chi connectivity index (χ3v) is 13.7. The number of fused-ring (bicyclic) bond motifs is 12. The maximum absolute atomic E-state index is 6.79. The largest absolute Gasteiger partial charge is 0.456 e. The smallest absolute Gasteiger partial charge is 0.167 e. The Morgan fingerprint density at radius 1 is 0.297 bits per heavy atom. The molecular weight excluding hydrogens is 807 g/mol. The van der Waals surface area contributed by atoms with Gasteiger partial charge < -0.3 is 13.3 Å². The van der Waals surface area contributed by atoms with E-state index in [4.69, 9.17) is 28.2 Å². The molecule has 6 nitrogen and oxygen atoms in total. The van der Waals surface area contributed by atoms with E-state index in [0.717, 1.165) is 105 Å². The van der Waals surface area contributed by atoms with E-state index < -0.39 is 0 Å². The third kappa shape index (κ3) is 5.28. The van der Waals surface area contributed by atoms with E-state index >= 15 is 0 Å². The first-order valence-corrected chi connectivity index (χ1v) is 22.1. The zero-order valence-electron chi connectivity index (χ0n) is 33.9. The molecule has 0 radical (unpaired) electrons. The van der Waals surface area contributed by atoms with Crippen LogP contribution in [0, 0.1) is 0 Å². The summed E-state index contributed by atoms with van der Waals surface area (Å²) in [4.78, 5) is 15.5. The maximum Gasteiger partial charge on any atom is 0.167 e. The van der Waals surface area contributed by atoms with Gasteiger partial charge in [0, 0.05) is 69.2 Å². The van der Waals surface area contributed by atoms with Gasteiger partial charge in [-0.2, -0.15) is 0 Å². The number of nitrogens with zero attached hydrogens (tertiary/aromatic N) is 3. The quantitative estimate of drug-likeness (QED) is 0.172. The molecule has 14 aromatic rings. The van der Waals surface area contributed by atoms with Crippen molar-refractivity contribution in [1.82, 2.24) is 15.0 Å². The Morgan fingerprint density at radius 3 is 1.75 bits per heavy atom. The minimum absolute atomic E-state index is 0.528. The number of hydrogen-bond donors (Lipinski definition) is 0. The van der Waals surface area contributed by atoms with Crippen LogP contribution in [-0.2, 0) is 0 Å². The highest BCUT2D eigenvalue weighted by atomic mass is 32.1. The van der Waals surface area contributed by atoms with Crippen LogP contribution < -0.4 is 0 Å². The molecule has 0 aliphatic heterocycles. The van der Waals surface area contributed by atoms with Gasteiger partial charge in [-0.1, -0.05) is 140 Å². The van der Waals surface area contributed by atoms with Gasteiger partial charge in [-0.05, 0) is 65.2 Å². The number of rotatable bonds is 5. The highest BCUT2D eigenvalue weighted by Crippen LogP contribution is 2.45. The van der Waals surface area contributed by atoms with Crippen molar-refractivity contribution in [1.29, 1.82) is 0 Å². The second-order valence-corrected chi connectivity index (χ2v) is 17.3. The Balaban J connectivity index is 0.944. The molecule has 7 heteroatoms. The molecule has 0 N–H and O–H groups in total. The second kappa shape index (κ2) is 13.6. The van der Waals surface area contributed by atoms with E-state index in [1.807, 2.05) is 84.1 Å². The normalized spacial score (nSPS) is 12.1. The molecule has 0 saturated heterocycles. The average molecular weight is 838 g/mol. The van der Waals surface area contributed by atoms with E-state index in [1.54, 1.807) is 0 Å². The minimum Gasteiger partial charge on any atom is -0.456 e. The molecule has 0 saturated carbocycles. The molecule has 0 unspecified atom stereocenters. The predicted octanol–water partition coefficient (Wildman–Crippen LogP) is 16.3. The molecule has 0 spiro atoms. The third-order valence-electron chi connectivity index (χ3n) is 12.6. The lowest BCUT2D eigenvalue weighted by atomic mass is 9.95. The first-order valence-electron chi connectivity index (χ1n) is 21.2. The van der Waals surface area contributed by atoms with E-state index in [0.29, 0.717) is 17.5 Å². The van der Waals surface area contributed by atoms with Gasteiger partial charge in [0.25, 0.3) is 0 Å². The first kappa shape index (κ1) is 35.2. The van der Waals surface area contributed by atoms with Crippen molar-refractivity contribution in [3.63, 3.8) is 0 Å². The maximum atomic E-state index is 6.79. The molecule has 5 heterocycles. The van der Waals surface area contributed by atoms with E-state index in [2.05, 4.69) is 115 Å². The summed E-state index contributed by atoms with van der Waals surface area (Å²) in [6.07, 6.45) is 0. The number of benzene rings is 9. The van der Waals surface area contributed by atoms with Gasteiger partial charge in [0.2, 0.25) is 0 Å². The van der Waals surface area contributed by atoms with Gasteiger partial charge >= 0.3 is 0 Å². The summed E-state index contributed by atoms with van der Waals surface area (Å²) in [7, 11) is 0. The summed E-state index contributed by atoms with van der Waals surface area (Å²) in [6, 6.07) is 65.0. The fourth-order valence-electron chi connectivity index (χ4n) is 9.65. The van der Waals surface area contributed by atoms with Gasteiger partial charge in [-0.3, -0.25) is 0 Å². The lowest BCUT2D eigenvalue weighted by Gasteiger charge is -2.10. The molecule has 0 amide bonds. The fraction of sp³-hybridized carbons (Fsp3) is 0. The number of para-hydroxylation sites is 3. The van der Waals surface area contributed by atoms with Crippen molar-refractivity contribution < 1.29 is 13.3 Å². The van der Waals surface area contributed by atoms with Crippen LogP contribution in [0.4, 0.5) is 0 Å². The molecule has 0 fully saturated rings. The summed E-state index contributed by atoms with van der Waals surface area (Å²) < 4.78 is 22.4. The van der Waals surface area contributed by atoms with Gasteiger partial charge in [-0.25, -0.2) is 15.0 Å². The lowest BCUT2D eigenvalue weighted by molar-refractivity contribution is 0.668. The zero-order chi connectivity index (χ0) is 41.9. The van der Waals surface area contributed by atoms with Crippen LogP contribution in [0.25, 0.3) is 142 Å². The lowest BCUT2D eigenvalue weighted by Crippen LogP contribution is -2.00. The van der Waals surface area contributed by atoms with E-state index in [9.17, 15) is 0 Å². The van der Waals surface area contributed by atoms with Crippen molar-refractivity contribution >= 4 is 97.3 Å². The molecule has 0 bridgehead atoms. The van der Waals surface area contributed by atoms with Crippen molar-refractivity contribution in [3.8, 4) is 56.4 Å². The second-order valence-electron chi connectivity index (χ2n) is 16.2. The van der Waals surface area contributed by atoms with Gasteiger partial charge in [0.05, 0.1) is 5.56 Å². The molecule has 0 aliphatic rings. The van der Waals surface area contributed by atoms with Crippen molar-refractivity contribution in [2.45, 2.75) is 0 Å². The predicted molar refractivity (Wildman–Crippen MR) is 262 cm³/mol. The number of thiophene rings is 1. The Labute approximate surface area is 368 Å². The van der Waals surface area contributed by atoms with E-state index in [1.165, 1.54) is 20.2 Å². The topological polar surface area (TPSA) is 78.1 Å². The average Bonchev–Trinajstić information content (AvgIpc) is 4.13. The van der Waals surface area contributed by atoms with Crippen LogP contribution in [0.1, 0.15) is 0 Å². The summed E-state index contributed by atoms with van der Waals surface area (Å²) >= 11 is 1.83. The molecule has 14 rings (SSSR count). The molecular formula is C57H31N3O3S. The first-order chi connectivity index (χ1) is 31.7. The highest BCUT2D eigenvalue weighted by Gasteiger charge is 2.22. The highest BCUT2D eigenvalue weighted by molar-refractivity contribution is 7.25. The Morgan fingerprint density at radius 2 is 0.859 bits per heavy atom. The van der Waals surface area contributed by atoms with Crippen molar-refractivity contribution in [3.05, 3.63) is 188 Å². The van der Waals surface area contributed by atoms with Crippen LogP contribution >= 0.6 is 11.3 Å². The standard InChI is InChI=1S/C57H31N3O3S/c1-2-12-32(13-3-1)55-58-56(60-57(59-55)43-21-9-18-40-37-14-4-6-22-45(37)62-54(40)43)42-20-11-23-47-52(42)44-30-33(27-29-46(44)61-47)35-16-10-24-48-51(35)41-19-8-17-36(53(41)63-48)34-26-28-39-38-15-5-7-25-49(38)64-50(39)31-34/h1-31H. The Hall–Kier alpha value is -8.39. The minimum atomic E-state index is 0.528. The van der Waals surface area contributed by atoms with Crippen LogP contribution in [0.15, 0.2) is 201 Å². The number of aromatic nitrogens is 3. The van der Waals surface area contributed by atoms with E-state index in [-0.39, 0.29) is 0 Å². The van der Waals surface area contributed by atoms with Crippen LogP contribution in [0.3, 0.4) is 0 Å². The Kier molecular flexibility index (Phi) is 7.46. The monoisotopic (exact) mass is 837 g/mol. The molecule has 0 atom stereocenters. The van der Waals surface area contributed by atoms with Gasteiger partial charge in [0.15, 0.2) is 17.5 Å². The van der Waals surface area contributed by atoms with Crippen LogP contribution in [0.2, 0.25) is 0 Å². The van der Waals surface area contributed by atoms with Crippen molar-refractivity contribution in [2.24, 2.45) is 0 Å². The summed E-state index contributed by atoms with van der Waals surface area (Å²) in [5, 5.41) is 8.67. The SMILES string of the molecule is c1ccc(-c2nc(-c3cccc4c3oc3ccccc34)nc(-c3cccc4oc5ccc(-c6cccc7oc8c(-c9ccc%10c(c9)sc9ccccc9%10)cccc8c67)cc5c34)n2)cc1. The Bertz CT molecular complexity index is 4210. The summed E-state index contributed by atoms with van der Waals surface area (Å²) in [6.45, 7) is 0. The van der Waals surface area contributed by atoms with Crippen LogP contribution in [-0.4, -0.2) is 15.0 Å². The molecule has 298 valence electrons. The number of furan rings is 3. The fourth-order valence-corrected chi connectivity index (χ4v) is 10.8.